The van der Waals surface area contributed by atoms with E-state index in [-0.39, 0.29) is 0 Å². The highest BCUT2D eigenvalue weighted by molar-refractivity contribution is 4.94. The second kappa shape index (κ2) is 3.88. The molecule has 1 aliphatic rings. The fraction of sp³-hybridized carbons (Fsp3) is 0.778. The molecule has 0 unspecified atom stereocenters. The minimum atomic E-state index is 0.329. The molecule has 1 saturated carbocycles. The van der Waals surface area contributed by atoms with E-state index < -0.39 is 0 Å². The van der Waals surface area contributed by atoms with Crippen molar-refractivity contribution in [3.8, 4) is 0 Å². The highest BCUT2D eigenvalue weighted by Crippen LogP contribution is 2.47. The molecule has 0 aromatic heterocycles. The fourth-order valence-electron chi connectivity index (χ4n) is 1.37. The minimum Gasteiger partial charge on any atom is -0.396 e. The molecule has 0 spiro atoms. The Kier molecular flexibility index (Phi) is 3.09. The second-order valence-corrected chi connectivity index (χ2v) is 3.39. The van der Waals surface area contributed by atoms with Crippen LogP contribution >= 0.6 is 0 Å². The zero-order valence-electron chi connectivity index (χ0n) is 6.97. The van der Waals surface area contributed by atoms with E-state index in [9.17, 15) is 0 Å². The number of hydrogen-bond acceptors (Lipinski definition) is 2. The average Bonchev–Trinajstić information content (AvgIpc) is 2.71. The molecule has 0 atom stereocenters. The van der Waals surface area contributed by atoms with Crippen LogP contribution in [0.3, 0.4) is 0 Å². The lowest BCUT2D eigenvalue weighted by molar-refractivity contribution is 0.246. The first-order valence-electron chi connectivity index (χ1n) is 4.25. The Hall–Kier alpha value is -0.340. The van der Waals surface area contributed by atoms with Gasteiger partial charge in [0.2, 0.25) is 0 Å². The molecule has 0 aromatic rings. The monoisotopic (exact) mass is 155 g/mol. The van der Waals surface area contributed by atoms with Gasteiger partial charge in [0.15, 0.2) is 0 Å². The molecule has 2 heteroatoms. The third-order valence-electron chi connectivity index (χ3n) is 2.39. The van der Waals surface area contributed by atoms with Gasteiger partial charge in [0.1, 0.15) is 0 Å². The predicted molar refractivity (Wildman–Crippen MR) is 46.4 cm³/mol. The third kappa shape index (κ3) is 2.64. The topological polar surface area (TPSA) is 32.3 Å². The van der Waals surface area contributed by atoms with Crippen molar-refractivity contribution < 1.29 is 5.11 Å². The average molecular weight is 155 g/mol. The number of hydrogen-bond donors (Lipinski definition) is 2. The highest BCUT2D eigenvalue weighted by Gasteiger charge is 2.40. The van der Waals surface area contributed by atoms with Crippen LogP contribution in [0.2, 0.25) is 0 Å². The molecular weight excluding hydrogens is 138 g/mol. The van der Waals surface area contributed by atoms with Crippen molar-refractivity contribution in [2.24, 2.45) is 5.41 Å². The lowest BCUT2D eigenvalue weighted by Gasteiger charge is -2.12. The molecule has 1 fully saturated rings. The molecule has 0 amide bonds. The highest BCUT2D eigenvalue weighted by atomic mass is 16.3. The van der Waals surface area contributed by atoms with Crippen molar-refractivity contribution in [3.05, 3.63) is 12.7 Å². The van der Waals surface area contributed by atoms with Crippen LogP contribution in [0.25, 0.3) is 0 Å². The number of nitrogens with one attached hydrogen (secondary N) is 1. The molecule has 1 rings (SSSR count). The van der Waals surface area contributed by atoms with Gasteiger partial charge in [-0.05, 0) is 24.7 Å². The number of rotatable bonds is 6. The van der Waals surface area contributed by atoms with Gasteiger partial charge in [0.05, 0.1) is 0 Å². The Morgan fingerprint density at radius 2 is 2.27 bits per heavy atom. The zero-order chi connectivity index (χ0) is 8.16. The van der Waals surface area contributed by atoms with Crippen molar-refractivity contribution >= 4 is 0 Å². The van der Waals surface area contributed by atoms with Crippen LogP contribution in [-0.4, -0.2) is 24.8 Å². The van der Waals surface area contributed by atoms with Crippen LogP contribution in [0.5, 0.6) is 0 Å². The summed E-state index contributed by atoms with van der Waals surface area (Å²) in [6, 6.07) is 0. The van der Waals surface area contributed by atoms with E-state index in [1.807, 2.05) is 6.08 Å². The third-order valence-corrected chi connectivity index (χ3v) is 2.39. The molecule has 0 radical (unpaired) electrons. The summed E-state index contributed by atoms with van der Waals surface area (Å²) in [7, 11) is 0. The van der Waals surface area contributed by atoms with Crippen LogP contribution in [0.15, 0.2) is 12.7 Å². The first-order valence-corrected chi connectivity index (χ1v) is 4.25. The Morgan fingerprint density at radius 1 is 1.55 bits per heavy atom. The molecule has 0 bridgehead atoms. The molecule has 2 N–H and O–H groups in total. The van der Waals surface area contributed by atoms with E-state index >= 15 is 0 Å². The smallest absolute Gasteiger partial charge is 0.0436 e. The van der Waals surface area contributed by atoms with Gasteiger partial charge < -0.3 is 10.4 Å². The normalized spacial score (nSPS) is 19.7. The number of aliphatic hydroxyl groups excluding tert-OH is 1. The minimum absolute atomic E-state index is 0.329. The van der Waals surface area contributed by atoms with Gasteiger partial charge in [-0.3, -0.25) is 0 Å². The summed E-state index contributed by atoms with van der Waals surface area (Å²) >= 11 is 0. The van der Waals surface area contributed by atoms with E-state index in [4.69, 9.17) is 5.11 Å². The first-order chi connectivity index (χ1) is 5.33. The predicted octanol–water partition coefficient (Wildman–Crippen LogP) is 0.925. The van der Waals surface area contributed by atoms with Gasteiger partial charge in [-0.25, -0.2) is 0 Å². The largest absolute Gasteiger partial charge is 0.396 e. The van der Waals surface area contributed by atoms with E-state index in [1.54, 1.807) is 0 Å². The SMILES string of the molecule is C=CCNCC1(CCO)CC1. The van der Waals surface area contributed by atoms with Crippen LogP contribution in [0, 0.1) is 5.41 Å². The van der Waals surface area contributed by atoms with Crippen LogP contribution in [0.4, 0.5) is 0 Å². The Labute approximate surface area is 68.3 Å². The molecule has 0 heterocycles. The summed E-state index contributed by atoms with van der Waals surface area (Å²) in [4.78, 5) is 0. The van der Waals surface area contributed by atoms with Crippen LogP contribution in [-0.2, 0) is 0 Å². The van der Waals surface area contributed by atoms with Crippen molar-refractivity contribution in [1.29, 1.82) is 0 Å². The van der Waals surface area contributed by atoms with E-state index in [2.05, 4.69) is 11.9 Å². The van der Waals surface area contributed by atoms with Crippen molar-refractivity contribution in [2.75, 3.05) is 19.7 Å². The quantitative estimate of drug-likeness (QED) is 0.441. The maximum absolute atomic E-state index is 8.75. The maximum Gasteiger partial charge on any atom is 0.0436 e. The van der Waals surface area contributed by atoms with Crippen LogP contribution < -0.4 is 5.32 Å². The Bertz CT molecular complexity index is 130. The van der Waals surface area contributed by atoms with Gasteiger partial charge in [0.25, 0.3) is 0 Å². The van der Waals surface area contributed by atoms with Gasteiger partial charge in [-0.15, -0.1) is 6.58 Å². The molecule has 0 aliphatic heterocycles. The molecule has 2 nitrogen and oxygen atoms in total. The summed E-state index contributed by atoms with van der Waals surface area (Å²) in [5, 5.41) is 12.0. The van der Waals surface area contributed by atoms with Gasteiger partial charge in [0, 0.05) is 19.7 Å². The molecule has 0 aromatic carbocycles. The first kappa shape index (κ1) is 8.75. The zero-order valence-corrected chi connectivity index (χ0v) is 6.97. The van der Waals surface area contributed by atoms with E-state index in [0.29, 0.717) is 12.0 Å². The second-order valence-electron chi connectivity index (χ2n) is 3.39. The summed E-state index contributed by atoms with van der Waals surface area (Å²) in [6.45, 7) is 5.89. The number of aliphatic hydroxyl groups is 1. The van der Waals surface area contributed by atoms with E-state index in [0.717, 1.165) is 19.5 Å². The van der Waals surface area contributed by atoms with E-state index in [1.165, 1.54) is 12.8 Å². The van der Waals surface area contributed by atoms with Gasteiger partial charge in [-0.1, -0.05) is 6.08 Å². The molecule has 64 valence electrons. The lowest BCUT2D eigenvalue weighted by Crippen LogP contribution is -2.24. The summed E-state index contributed by atoms with van der Waals surface area (Å²) in [6.07, 6.45) is 5.38. The standard InChI is InChI=1S/C9H17NO/c1-2-6-10-8-9(3-4-9)5-7-11/h2,10-11H,1,3-8H2. The fourth-order valence-corrected chi connectivity index (χ4v) is 1.37. The van der Waals surface area contributed by atoms with Gasteiger partial charge in [-0.2, -0.15) is 0 Å². The summed E-state index contributed by atoms with van der Waals surface area (Å²) in [5.41, 5.74) is 0.442. The van der Waals surface area contributed by atoms with Gasteiger partial charge >= 0.3 is 0 Å². The Morgan fingerprint density at radius 3 is 2.73 bits per heavy atom. The molecule has 11 heavy (non-hydrogen) atoms. The Balaban J connectivity index is 2.08. The molecule has 1 aliphatic carbocycles. The summed E-state index contributed by atoms with van der Waals surface area (Å²) in [5.74, 6) is 0. The van der Waals surface area contributed by atoms with Crippen LogP contribution in [0.1, 0.15) is 19.3 Å². The molecular formula is C9H17NO. The summed E-state index contributed by atoms with van der Waals surface area (Å²) < 4.78 is 0. The molecule has 0 saturated heterocycles. The van der Waals surface area contributed by atoms with Crippen molar-refractivity contribution in [1.82, 2.24) is 5.32 Å². The lowest BCUT2D eigenvalue weighted by atomic mass is 10.0. The van der Waals surface area contributed by atoms with Crippen molar-refractivity contribution in [3.63, 3.8) is 0 Å². The maximum atomic E-state index is 8.75. The van der Waals surface area contributed by atoms with Crippen molar-refractivity contribution in [2.45, 2.75) is 19.3 Å².